The van der Waals surface area contributed by atoms with Gasteiger partial charge >= 0.3 is 0 Å². The molecular formula is C20H24F2N2O. The molecule has 0 aliphatic carbocycles. The molecule has 0 heterocycles. The van der Waals surface area contributed by atoms with E-state index in [4.69, 9.17) is 0 Å². The molecule has 2 N–H and O–H groups in total. The summed E-state index contributed by atoms with van der Waals surface area (Å²) in [5, 5.41) is 5.82. The minimum Gasteiger partial charge on any atom is -0.325 e. The first-order valence-corrected chi connectivity index (χ1v) is 8.48. The molecule has 0 aliphatic rings. The third-order valence-electron chi connectivity index (χ3n) is 4.39. The predicted molar refractivity (Wildman–Crippen MR) is 96.6 cm³/mol. The van der Waals surface area contributed by atoms with Crippen LogP contribution in [0.4, 0.5) is 14.5 Å². The molecule has 0 saturated carbocycles. The standard InChI is InChI=1S/C20H24F2N2O/c1-4-13(2)15-5-8-17(9-6-15)24-20(25)12-23-14(3)16-7-10-18(21)19(22)11-16/h5-11,13-14,23H,4,12H2,1-3H3,(H,24,25)/t13-,14+/m1/s1. The van der Waals surface area contributed by atoms with E-state index in [1.54, 1.807) is 6.92 Å². The fraction of sp³-hybridized carbons (Fsp3) is 0.350. The van der Waals surface area contributed by atoms with Gasteiger partial charge < -0.3 is 10.6 Å². The van der Waals surface area contributed by atoms with E-state index < -0.39 is 11.6 Å². The molecule has 0 aromatic heterocycles. The van der Waals surface area contributed by atoms with Gasteiger partial charge in [0, 0.05) is 11.7 Å². The van der Waals surface area contributed by atoms with Gasteiger partial charge in [-0.25, -0.2) is 8.78 Å². The van der Waals surface area contributed by atoms with Crippen molar-refractivity contribution in [3.05, 3.63) is 65.2 Å². The number of amides is 1. The van der Waals surface area contributed by atoms with Gasteiger partial charge in [0.25, 0.3) is 0 Å². The molecule has 134 valence electrons. The van der Waals surface area contributed by atoms with Crippen LogP contribution in [-0.2, 0) is 4.79 Å². The van der Waals surface area contributed by atoms with E-state index in [-0.39, 0.29) is 18.5 Å². The Morgan fingerprint density at radius 3 is 2.24 bits per heavy atom. The lowest BCUT2D eigenvalue weighted by Gasteiger charge is -2.15. The van der Waals surface area contributed by atoms with Gasteiger partial charge in [-0.1, -0.05) is 32.0 Å². The van der Waals surface area contributed by atoms with Gasteiger partial charge in [0.15, 0.2) is 11.6 Å². The van der Waals surface area contributed by atoms with Crippen molar-refractivity contribution < 1.29 is 13.6 Å². The van der Waals surface area contributed by atoms with Crippen molar-refractivity contribution in [1.82, 2.24) is 5.32 Å². The molecule has 0 aliphatic heterocycles. The number of halogens is 2. The minimum atomic E-state index is -0.892. The minimum absolute atomic E-state index is 0.0767. The first-order valence-electron chi connectivity index (χ1n) is 8.48. The maximum atomic E-state index is 13.3. The Hall–Kier alpha value is -2.27. The SMILES string of the molecule is CC[C@@H](C)c1ccc(NC(=O)CN[C@@H](C)c2ccc(F)c(F)c2)cc1. The van der Waals surface area contributed by atoms with Crippen molar-refractivity contribution in [2.75, 3.05) is 11.9 Å². The summed E-state index contributed by atoms with van der Waals surface area (Å²) < 4.78 is 26.2. The molecule has 0 unspecified atom stereocenters. The molecule has 0 saturated heterocycles. The summed E-state index contributed by atoms with van der Waals surface area (Å²) in [5.74, 6) is -1.47. The maximum absolute atomic E-state index is 13.3. The summed E-state index contributed by atoms with van der Waals surface area (Å²) in [6.07, 6.45) is 1.07. The Balaban J connectivity index is 1.86. The first kappa shape index (κ1) is 19.1. The van der Waals surface area contributed by atoms with E-state index in [1.165, 1.54) is 11.6 Å². The molecule has 3 nitrogen and oxygen atoms in total. The van der Waals surface area contributed by atoms with E-state index in [9.17, 15) is 13.6 Å². The molecule has 1 amide bonds. The fourth-order valence-corrected chi connectivity index (χ4v) is 2.48. The topological polar surface area (TPSA) is 41.1 Å². The molecule has 0 bridgehead atoms. The number of benzene rings is 2. The van der Waals surface area contributed by atoms with Crippen molar-refractivity contribution in [1.29, 1.82) is 0 Å². The summed E-state index contributed by atoms with van der Waals surface area (Å²) in [6, 6.07) is 11.3. The Labute approximate surface area is 147 Å². The Bertz CT molecular complexity index is 716. The number of hydrogen-bond acceptors (Lipinski definition) is 2. The van der Waals surface area contributed by atoms with Gasteiger partial charge in [0.05, 0.1) is 6.54 Å². The van der Waals surface area contributed by atoms with Gasteiger partial charge in [0.2, 0.25) is 5.91 Å². The van der Waals surface area contributed by atoms with Crippen molar-refractivity contribution in [3.63, 3.8) is 0 Å². The second-order valence-corrected chi connectivity index (χ2v) is 6.26. The van der Waals surface area contributed by atoms with Gasteiger partial charge in [0.1, 0.15) is 0 Å². The van der Waals surface area contributed by atoms with Crippen molar-refractivity contribution in [3.8, 4) is 0 Å². The van der Waals surface area contributed by atoms with Crippen LogP contribution in [0.15, 0.2) is 42.5 Å². The number of hydrogen-bond donors (Lipinski definition) is 2. The average molecular weight is 346 g/mol. The van der Waals surface area contributed by atoms with Crippen molar-refractivity contribution >= 4 is 11.6 Å². The predicted octanol–water partition coefficient (Wildman–Crippen LogP) is 4.77. The average Bonchev–Trinajstić information content (AvgIpc) is 2.62. The number of carbonyl (C=O) groups excluding carboxylic acids is 1. The first-order chi connectivity index (χ1) is 11.9. The normalized spacial score (nSPS) is 13.3. The zero-order valence-electron chi connectivity index (χ0n) is 14.8. The second kappa shape index (κ2) is 8.72. The molecule has 5 heteroatoms. The largest absolute Gasteiger partial charge is 0.325 e. The smallest absolute Gasteiger partial charge is 0.238 e. The zero-order valence-corrected chi connectivity index (χ0v) is 14.8. The molecule has 2 rings (SSSR count). The van der Waals surface area contributed by atoms with Crippen LogP contribution in [0.2, 0.25) is 0 Å². The highest BCUT2D eigenvalue weighted by molar-refractivity contribution is 5.92. The van der Waals surface area contributed by atoms with Crippen LogP contribution in [-0.4, -0.2) is 12.5 Å². The molecule has 2 aromatic carbocycles. The molecule has 25 heavy (non-hydrogen) atoms. The summed E-state index contributed by atoms with van der Waals surface area (Å²) in [4.78, 5) is 12.0. The summed E-state index contributed by atoms with van der Waals surface area (Å²) in [6.45, 7) is 6.17. The summed E-state index contributed by atoms with van der Waals surface area (Å²) >= 11 is 0. The molecule has 0 fully saturated rings. The highest BCUT2D eigenvalue weighted by Gasteiger charge is 2.11. The van der Waals surface area contributed by atoms with Crippen LogP contribution in [0.25, 0.3) is 0 Å². The maximum Gasteiger partial charge on any atom is 0.238 e. The summed E-state index contributed by atoms with van der Waals surface area (Å²) in [5.41, 5.74) is 2.56. The van der Waals surface area contributed by atoms with Crippen LogP contribution in [0, 0.1) is 11.6 Å². The highest BCUT2D eigenvalue weighted by atomic mass is 19.2. The second-order valence-electron chi connectivity index (χ2n) is 6.26. The highest BCUT2D eigenvalue weighted by Crippen LogP contribution is 2.20. The van der Waals surface area contributed by atoms with E-state index in [0.29, 0.717) is 11.5 Å². The van der Waals surface area contributed by atoms with Crippen LogP contribution in [0.5, 0.6) is 0 Å². The van der Waals surface area contributed by atoms with E-state index in [2.05, 4.69) is 24.5 Å². The Kier molecular flexibility index (Phi) is 6.65. The van der Waals surface area contributed by atoms with E-state index >= 15 is 0 Å². The summed E-state index contributed by atoms with van der Waals surface area (Å²) in [7, 11) is 0. The van der Waals surface area contributed by atoms with Crippen molar-refractivity contribution in [2.24, 2.45) is 0 Å². The Morgan fingerprint density at radius 2 is 1.64 bits per heavy atom. The molecule has 0 radical (unpaired) electrons. The molecule has 2 atom stereocenters. The van der Waals surface area contributed by atoms with Gasteiger partial charge in [-0.05, 0) is 54.7 Å². The monoisotopic (exact) mass is 346 g/mol. The molecular weight excluding hydrogens is 322 g/mol. The number of rotatable bonds is 7. The zero-order chi connectivity index (χ0) is 18.4. The van der Waals surface area contributed by atoms with E-state index in [1.807, 2.05) is 24.3 Å². The lowest BCUT2D eigenvalue weighted by atomic mass is 9.99. The quantitative estimate of drug-likeness (QED) is 0.758. The third-order valence-corrected chi connectivity index (χ3v) is 4.39. The Morgan fingerprint density at radius 1 is 1.00 bits per heavy atom. The lowest BCUT2D eigenvalue weighted by molar-refractivity contribution is -0.115. The van der Waals surface area contributed by atoms with Gasteiger partial charge in [-0.2, -0.15) is 0 Å². The third kappa shape index (κ3) is 5.36. The molecule has 2 aromatic rings. The van der Waals surface area contributed by atoms with Gasteiger partial charge in [-0.15, -0.1) is 0 Å². The number of anilines is 1. The van der Waals surface area contributed by atoms with E-state index in [0.717, 1.165) is 24.2 Å². The fourth-order valence-electron chi connectivity index (χ4n) is 2.48. The van der Waals surface area contributed by atoms with Crippen molar-refractivity contribution in [2.45, 2.75) is 39.2 Å². The van der Waals surface area contributed by atoms with Crippen LogP contribution >= 0.6 is 0 Å². The lowest BCUT2D eigenvalue weighted by Crippen LogP contribution is -2.30. The number of carbonyl (C=O) groups is 1. The van der Waals surface area contributed by atoms with Crippen LogP contribution < -0.4 is 10.6 Å². The molecule has 0 spiro atoms. The van der Waals surface area contributed by atoms with Gasteiger partial charge in [-0.3, -0.25) is 4.79 Å². The number of nitrogens with one attached hydrogen (secondary N) is 2. The van der Waals surface area contributed by atoms with Crippen LogP contribution in [0.3, 0.4) is 0 Å². The van der Waals surface area contributed by atoms with Crippen LogP contribution in [0.1, 0.15) is 50.3 Å².